The Hall–Kier alpha value is -1.13. The monoisotopic (exact) mass is 472 g/mol. The Morgan fingerprint density at radius 1 is 1.39 bits per heavy atom. The van der Waals surface area contributed by atoms with Crippen LogP contribution in [0.4, 0.5) is 18.0 Å². The maximum Gasteiger partial charge on any atom is 0.436 e. The average Bonchev–Trinajstić information content (AvgIpc) is 2.73. The minimum Gasteiger partial charge on any atom is -0.448 e. The fraction of sp³-hybridized carbons (Fsp3) is 0.231. The molecule has 2 rings (SSSR count). The first kappa shape index (κ1) is 18.2. The number of amides is 1. The molecule has 4 nitrogen and oxygen atoms in total. The zero-order valence-corrected chi connectivity index (χ0v) is 15.5. The number of carbonyl (C=O) groups is 1. The van der Waals surface area contributed by atoms with E-state index in [9.17, 15) is 18.0 Å². The Bertz CT molecular complexity index is 799. The van der Waals surface area contributed by atoms with Crippen LogP contribution < -0.4 is 4.80 Å². The van der Waals surface area contributed by atoms with E-state index in [1.807, 2.05) is 0 Å². The predicted octanol–water partition coefficient (Wildman–Crippen LogP) is 5.14. The summed E-state index contributed by atoms with van der Waals surface area (Å²) in [6.07, 6.45) is -5.27. The lowest BCUT2D eigenvalue weighted by atomic mass is 10.2. The van der Waals surface area contributed by atoms with E-state index >= 15 is 0 Å². The first-order chi connectivity index (χ1) is 10.7. The second-order valence-corrected chi connectivity index (χ2v) is 7.19. The van der Waals surface area contributed by atoms with Gasteiger partial charge in [-0.25, -0.2) is 4.79 Å². The molecule has 0 bridgehead atoms. The van der Waals surface area contributed by atoms with Gasteiger partial charge in [-0.3, -0.25) is 4.57 Å². The molecule has 0 saturated heterocycles. The second kappa shape index (κ2) is 7.18. The zero-order chi connectivity index (χ0) is 17.2. The van der Waals surface area contributed by atoms with Crippen molar-refractivity contribution in [1.29, 1.82) is 0 Å². The van der Waals surface area contributed by atoms with Gasteiger partial charge in [0.05, 0.1) is 12.2 Å². The number of benzene rings is 1. The van der Waals surface area contributed by atoms with Gasteiger partial charge in [0, 0.05) is 5.69 Å². The SMILES string of the molecule is CCOC(=O)N=c1sc(Br)c(Br)n1-c1cccc(C(F)(F)F)c1. The first-order valence-electron chi connectivity index (χ1n) is 6.20. The van der Waals surface area contributed by atoms with Gasteiger partial charge in [-0.05, 0) is 57.0 Å². The van der Waals surface area contributed by atoms with Gasteiger partial charge < -0.3 is 4.74 Å². The molecule has 23 heavy (non-hydrogen) atoms. The minimum absolute atomic E-state index is 0.152. The molecule has 1 aromatic carbocycles. The van der Waals surface area contributed by atoms with E-state index in [4.69, 9.17) is 4.74 Å². The summed E-state index contributed by atoms with van der Waals surface area (Å²) in [5.74, 6) is 0. The van der Waals surface area contributed by atoms with E-state index in [1.165, 1.54) is 16.7 Å². The maximum absolute atomic E-state index is 12.9. The van der Waals surface area contributed by atoms with Crippen molar-refractivity contribution in [2.75, 3.05) is 6.61 Å². The number of nitrogens with zero attached hydrogens (tertiary/aromatic N) is 2. The van der Waals surface area contributed by atoms with E-state index < -0.39 is 17.8 Å². The van der Waals surface area contributed by atoms with Crippen LogP contribution >= 0.6 is 43.2 Å². The Morgan fingerprint density at radius 2 is 2.09 bits per heavy atom. The fourth-order valence-electron chi connectivity index (χ4n) is 1.69. The Labute approximate surface area is 149 Å². The molecule has 10 heteroatoms. The fourth-order valence-corrected chi connectivity index (χ4v) is 3.78. The van der Waals surface area contributed by atoms with Crippen molar-refractivity contribution < 1.29 is 22.7 Å². The van der Waals surface area contributed by atoms with Crippen LogP contribution in [0.1, 0.15) is 12.5 Å². The lowest BCUT2D eigenvalue weighted by Crippen LogP contribution is -2.17. The van der Waals surface area contributed by atoms with E-state index in [1.54, 1.807) is 6.92 Å². The molecule has 2 aromatic rings. The van der Waals surface area contributed by atoms with E-state index in [-0.39, 0.29) is 17.1 Å². The van der Waals surface area contributed by atoms with Gasteiger partial charge >= 0.3 is 12.3 Å². The third-order valence-corrected chi connectivity index (χ3v) is 5.85. The van der Waals surface area contributed by atoms with Crippen molar-refractivity contribution in [3.8, 4) is 5.69 Å². The number of ether oxygens (including phenoxy) is 1. The van der Waals surface area contributed by atoms with E-state index in [0.29, 0.717) is 8.39 Å². The third kappa shape index (κ3) is 4.24. The van der Waals surface area contributed by atoms with Crippen LogP contribution in [0.5, 0.6) is 0 Å². The lowest BCUT2D eigenvalue weighted by molar-refractivity contribution is -0.137. The van der Waals surface area contributed by atoms with Gasteiger partial charge in [-0.15, -0.1) is 4.99 Å². The van der Waals surface area contributed by atoms with Crippen LogP contribution in [-0.4, -0.2) is 17.3 Å². The number of alkyl halides is 3. The number of aromatic nitrogens is 1. The molecule has 0 aliphatic heterocycles. The Balaban J connectivity index is 2.62. The minimum atomic E-state index is -4.46. The van der Waals surface area contributed by atoms with Gasteiger partial charge in [-0.2, -0.15) is 13.2 Å². The molecule has 0 radical (unpaired) electrons. The Kier molecular flexibility index (Phi) is 5.69. The molecule has 0 saturated carbocycles. The molecule has 0 unspecified atom stereocenters. The van der Waals surface area contributed by atoms with Gasteiger partial charge in [0.1, 0.15) is 8.39 Å². The van der Waals surface area contributed by atoms with Crippen molar-refractivity contribution >= 4 is 49.3 Å². The summed E-state index contributed by atoms with van der Waals surface area (Å²) < 4.78 is 45.8. The number of rotatable bonds is 2. The molecule has 0 aliphatic carbocycles. The first-order valence-corrected chi connectivity index (χ1v) is 8.60. The summed E-state index contributed by atoms with van der Waals surface area (Å²) in [6, 6.07) is 4.73. The molecule has 1 amide bonds. The van der Waals surface area contributed by atoms with Gasteiger partial charge in [0.25, 0.3) is 0 Å². The summed E-state index contributed by atoms with van der Waals surface area (Å²) >= 11 is 7.63. The molecule has 0 fully saturated rings. The largest absolute Gasteiger partial charge is 0.448 e. The van der Waals surface area contributed by atoms with E-state index in [0.717, 1.165) is 23.5 Å². The standard InChI is InChI=1S/C13H9Br2F3N2O2S/c1-2-22-12(21)19-11-20(9(14)10(15)23-11)8-5-3-4-7(6-8)13(16,17)18/h3-6H,2H2,1H3. The molecule has 0 atom stereocenters. The van der Waals surface area contributed by atoms with Crippen molar-refractivity contribution in [3.63, 3.8) is 0 Å². The summed E-state index contributed by atoms with van der Waals surface area (Å²) in [5.41, 5.74) is -0.574. The topological polar surface area (TPSA) is 43.6 Å². The van der Waals surface area contributed by atoms with Gasteiger partial charge in [-0.1, -0.05) is 17.4 Å². The number of thiazole rings is 1. The van der Waals surface area contributed by atoms with Gasteiger partial charge in [0.2, 0.25) is 4.80 Å². The number of hydrogen-bond acceptors (Lipinski definition) is 3. The zero-order valence-electron chi connectivity index (χ0n) is 11.5. The molecule has 1 heterocycles. The highest BCUT2D eigenvalue weighted by molar-refractivity contribution is 9.13. The summed E-state index contributed by atoms with van der Waals surface area (Å²) in [5, 5.41) is 0. The normalized spacial score (nSPS) is 12.5. The lowest BCUT2D eigenvalue weighted by Gasteiger charge is -2.10. The van der Waals surface area contributed by atoms with Crippen molar-refractivity contribution in [2.24, 2.45) is 4.99 Å². The summed E-state index contributed by atoms with van der Waals surface area (Å²) in [6.45, 7) is 1.79. The summed E-state index contributed by atoms with van der Waals surface area (Å²) in [7, 11) is 0. The van der Waals surface area contributed by atoms with E-state index in [2.05, 4.69) is 36.9 Å². The smallest absolute Gasteiger partial charge is 0.436 e. The van der Waals surface area contributed by atoms with Crippen LogP contribution in [0.15, 0.2) is 37.6 Å². The average molecular weight is 474 g/mol. The molecule has 1 aromatic heterocycles. The van der Waals surface area contributed by atoms with Crippen LogP contribution in [0.2, 0.25) is 0 Å². The second-order valence-electron chi connectivity index (χ2n) is 4.14. The summed E-state index contributed by atoms with van der Waals surface area (Å²) in [4.78, 5) is 15.5. The number of hydrogen-bond donors (Lipinski definition) is 0. The Morgan fingerprint density at radius 3 is 2.70 bits per heavy atom. The highest BCUT2D eigenvalue weighted by atomic mass is 79.9. The van der Waals surface area contributed by atoms with Crippen LogP contribution in [-0.2, 0) is 10.9 Å². The quantitative estimate of drug-likeness (QED) is 0.606. The van der Waals surface area contributed by atoms with Gasteiger partial charge in [0.15, 0.2) is 0 Å². The number of halogens is 5. The van der Waals surface area contributed by atoms with Crippen LogP contribution in [0.25, 0.3) is 5.69 Å². The molecule has 124 valence electrons. The van der Waals surface area contributed by atoms with Crippen molar-refractivity contribution in [3.05, 3.63) is 43.0 Å². The molecule has 0 aliphatic rings. The highest BCUT2D eigenvalue weighted by Gasteiger charge is 2.30. The third-order valence-electron chi connectivity index (χ3n) is 2.62. The molecular weight excluding hydrogens is 465 g/mol. The van der Waals surface area contributed by atoms with Crippen LogP contribution in [0, 0.1) is 0 Å². The molecule has 0 spiro atoms. The molecule has 0 N–H and O–H groups in total. The molecular formula is C13H9Br2F3N2O2S. The van der Waals surface area contributed by atoms with Crippen molar-refractivity contribution in [2.45, 2.75) is 13.1 Å². The number of carbonyl (C=O) groups excluding carboxylic acids is 1. The predicted molar refractivity (Wildman–Crippen MR) is 86.6 cm³/mol. The highest BCUT2D eigenvalue weighted by Crippen LogP contribution is 2.32. The van der Waals surface area contributed by atoms with Crippen molar-refractivity contribution in [1.82, 2.24) is 4.57 Å². The van der Waals surface area contributed by atoms with Crippen LogP contribution in [0.3, 0.4) is 0 Å². The maximum atomic E-state index is 12.9.